The maximum atomic E-state index is 14.8. The standard InChI is InChI=1S/C23H18F5N5O3/c1-11-9-16(32-33(11)2)22(20(35)30-21(36)31-22)10-29-19(34)14-7-8-15(24)18(25)17(14)12-3-5-13(6-4-12)23(26,27)28/h3-9H,10H2,1-2H3,(H,29,34)(H2,30,31,35,36)/t22-/m1/s1. The SMILES string of the molecule is Cc1cc([C@@]2(CNC(=O)c3ccc(F)c(F)c3-c3ccc(C(F)(F)F)cc3)NC(=O)NC2=O)nn1C. The monoisotopic (exact) mass is 507 g/mol. The van der Waals surface area contributed by atoms with Gasteiger partial charge in [-0.05, 0) is 42.8 Å². The number of amides is 4. The quantitative estimate of drug-likeness (QED) is 0.365. The molecule has 1 aliphatic heterocycles. The van der Waals surface area contributed by atoms with Crippen LogP contribution in [0.15, 0.2) is 42.5 Å². The van der Waals surface area contributed by atoms with E-state index in [9.17, 15) is 36.3 Å². The van der Waals surface area contributed by atoms with Gasteiger partial charge in [0.05, 0.1) is 23.4 Å². The summed E-state index contributed by atoms with van der Waals surface area (Å²) in [6, 6.07) is 5.56. The second-order valence-electron chi connectivity index (χ2n) is 8.15. The van der Waals surface area contributed by atoms with Crippen LogP contribution in [-0.4, -0.2) is 34.2 Å². The van der Waals surface area contributed by atoms with E-state index >= 15 is 0 Å². The molecular weight excluding hydrogens is 489 g/mol. The van der Waals surface area contributed by atoms with Crippen molar-refractivity contribution >= 4 is 17.8 Å². The van der Waals surface area contributed by atoms with Crippen LogP contribution in [0.1, 0.15) is 27.3 Å². The molecular formula is C23H18F5N5O3. The molecule has 0 saturated carbocycles. The summed E-state index contributed by atoms with van der Waals surface area (Å²) < 4.78 is 69.0. The average Bonchev–Trinajstić information content (AvgIpc) is 3.31. The molecule has 1 aliphatic rings. The van der Waals surface area contributed by atoms with E-state index in [1.807, 2.05) is 0 Å². The number of carbonyl (C=O) groups excluding carboxylic acids is 3. The van der Waals surface area contributed by atoms with Gasteiger partial charge in [0.1, 0.15) is 0 Å². The average molecular weight is 507 g/mol. The summed E-state index contributed by atoms with van der Waals surface area (Å²) >= 11 is 0. The van der Waals surface area contributed by atoms with E-state index in [1.165, 1.54) is 10.7 Å². The highest BCUT2D eigenvalue weighted by molar-refractivity contribution is 6.08. The molecule has 3 aromatic rings. The van der Waals surface area contributed by atoms with Crippen molar-refractivity contribution in [2.24, 2.45) is 7.05 Å². The van der Waals surface area contributed by atoms with Crippen molar-refractivity contribution < 1.29 is 36.3 Å². The van der Waals surface area contributed by atoms with Crippen LogP contribution in [0, 0.1) is 18.6 Å². The first-order valence-corrected chi connectivity index (χ1v) is 10.4. The Bertz CT molecular complexity index is 1360. The largest absolute Gasteiger partial charge is 0.416 e. The molecule has 8 nitrogen and oxygen atoms in total. The van der Waals surface area contributed by atoms with Crippen molar-refractivity contribution in [3.63, 3.8) is 0 Å². The molecule has 0 radical (unpaired) electrons. The zero-order valence-corrected chi connectivity index (χ0v) is 18.8. The van der Waals surface area contributed by atoms with Gasteiger partial charge in [-0.3, -0.25) is 19.6 Å². The van der Waals surface area contributed by atoms with Crippen molar-refractivity contribution in [2.75, 3.05) is 6.54 Å². The first kappa shape index (κ1) is 24.8. The molecule has 188 valence electrons. The van der Waals surface area contributed by atoms with E-state index in [1.54, 1.807) is 14.0 Å². The van der Waals surface area contributed by atoms with E-state index in [-0.39, 0.29) is 11.3 Å². The Morgan fingerprint density at radius 1 is 1.11 bits per heavy atom. The van der Waals surface area contributed by atoms with Gasteiger partial charge >= 0.3 is 12.2 Å². The Balaban J connectivity index is 1.69. The number of urea groups is 1. The zero-order valence-electron chi connectivity index (χ0n) is 18.8. The van der Waals surface area contributed by atoms with Gasteiger partial charge in [0.2, 0.25) is 0 Å². The molecule has 2 heterocycles. The maximum absolute atomic E-state index is 14.8. The number of nitrogens with one attached hydrogen (secondary N) is 3. The van der Waals surface area contributed by atoms with Crippen LogP contribution < -0.4 is 16.0 Å². The van der Waals surface area contributed by atoms with Crippen LogP contribution in [0.5, 0.6) is 0 Å². The fourth-order valence-electron chi connectivity index (χ4n) is 3.81. The third-order valence-electron chi connectivity index (χ3n) is 5.85. The molecule has 1 atom stereocenters. The van der Waals surface area contributed by atoms with Crippen molar-refractivity contribution in [3.05, 3.63) is 76.6 Å². The molecule has 4 rings (SSSR count). The van der Waals surface area contributed by atoms with Crippen LogP contribution in [0.4, 0.5) is 26.7 Å². The van der Waals surface area contributed by atoms with Crippen LogP contribution >= 0.6 is 0 Å². The van der Waals surface area contributed by atoms with Gasteiger partial charge < -0.3 is 10.6 Å². The molecule has 4 amide bonds. The third kappa shape index (κ3) is 4.27. The van der Waals surface area contributed by atoms with Crippen molar-refractivity contribution in [1.29, 1.82) is 0 Å². The Hall–Kier alpha value is -4.29. The molecule has 3 N–H and O–H groups in total. The minimum Gasteiger partial charge on any atom is -0.349 e. The number of imide groups is 1. The van der Waals surface area contributed by atoms with E-state index in [0.29, 0.717) is 23.9 Å². The van der Waals surface area contributed by atoms with Crippen LogP contribution in [0.25, 0.3) is 11.1 Å². The number of hydrogen-bond donors (Lipinski definition) is 3. The van der Waals surface area contributed by atoms with Gasteiger partial charge in [0, 0.05) is 18.3 Å². The fourth-order valence-corrected chi connectivity index (χ4v) is 3.81. The van der Waals surface area contributed by atoms with Crippen molar-refractivity contribution in [2.45, 2.75) is 18.6 Å². The number of nitrogens with zero attached hydrogens (tertiary/aromatic N) is 2. The fraction of sp³-hybridized carbons (Fsp3) is 0.217. The van der Waals surface area contributed by atoms with E-state index in [4.69, 9.17) is 0 Å². The Morgan fingerprint density at radius 2 is 1.78 bits per heavy atom. The summed E-state index contributed by atoms with van der Waals surface area (Å²) in [5.74, 6) is -4.52. The van der Waals surface area contributed by atoms with Gasteiger partial charge in [-0.1, -0.05) is 12.1 Å². The predicted molar refractivity (Wildman–Crippen MR) is 115 cm³/mol. The third-order valence-corrected chi connectivity index (χ3v) is 5.85. The maximum Gasteiger partial charge on any atom is 0.416 e. The molecule has 0 aliphatic carbocycles. The smallest absolute Gasteiger partial charge is 0.349 e. The number of carbonyl (C=O) groups is 3. The Kier molecular flexibility index (Phi) is 6.02. The minimum atomic E-state index is -4.65. The summed E-state index contributed by atoms with van der Waals surface area (Å²) in [5.41, 5.74) is -3.16. The molecule has 13 heteroatoms. The van der Waals surface area contributed by atoms with E-state index in [2.05, 4.69) is 21.0 Å². The summed E-state index contributed by atoms with van der Waals surface area (Å²) in [6.07, 6.45) is -4.65. The normalized spacial score (nSPS) is 17.6. The second-order valence-corrected chi connectivity index (χ2v) is 8.15. The number of aryl methyl sites for hydroxylation is 2. The highest BCUT2D eigenvalue weighted by atomic mass is 19.4. The number of hydrogen-bond acceptors (Lipinski definition) is 4. The van der Waals surface area contributed by atoms with E-state index in [0.717, 1.165) is 18.2 Å². The highest BCUT2D eigenvalue weighted by Crippen LogP contribution is 2.34. The highest BCUT2D eigenvalue weighted by Gasteiger charge is 2.50. The molecule has 0 unspecified atom stereocenters. The lowest BCUT2D eigenvalue weighted by Crippen LogP contribution is -2.53. The topological polar surface area (TPSA) is 105 Å². The molecule has 36 heavy (non-hydrogen) atoms. The summed E-state index contributed by atoms with van der Waals surface area (Å²) in [6.45, 7) is 1.19. The number of halogens is 5. The minimum absolute atomic E-state index is 0.124. The van der Waals surface area contributed by atoms with Gasteiger partial charge in [-0.25, -0.2) is 13.6 Å². The van der Waals surface area contributed by atoms with Crippen molar-refractivity contribution in [1.82, 2.24) is 25.7 Å². The predicted octanol–water partition coefficient (Wildman–Crippen LogP) is 3.16. The molecule has 1 aromatic heterocycles. The van der Waals surface area contributed by atoms with Gasteiger partial charge in [0.15, 0.2) is 17.2 Å². The van der Waals surface area contributed by atoms with Gasteiger partial charge in [-0.2, -0.15) is 18.3 Å². The Morgan fingerprint density at radius 3 is 2.31 bits per heavy atom. The van der Waals surface area contributed by atoms with Crippen LogP contribution in [-0.2, 0) is 23.6 Å². The lowest BCUT2D eigenvalue weighted by atomic mass is 9.94. The van der Waals surface area contributed by atoms with Crippen molar-refractivity contribution in [3.8, 4) is 11.1 Å². The zero-order chi connectivity index (χ0) is 26.4. The molecule has 0 bridgehead atoms. The molecule has 1 fully saturated rings. The molecule has 2 aromatic carbocycles. The molecule has 0 spiro atoms. The lowest BCUT2D eigenvalue weighted by Gasteiger charge is -2.24. The van der Waals surface area contributed by atoms with Crippen LogP contribution in [0.3, 0.4) is 0 Å². The number of aromatic nitrogens is 2. The first-order chi connectivity index (χ1) is 16.8. The van der Waals surface area contributed by atoms with Gasteiger partial charge in [0.25, 0.3) is 11.8 Å². The number of rotatable bonds is 5. The summed E-state index contributed by atoms with van der Waals surface area (Å²) in [5, 5.41) is 11.1. The lowest BCUT2D eigenvalue weighted by molar-refractivity contribution is -0.137. The van der Waals surface area contributed by atoms with E-state index < -0.39 is 64.4 Å². The van der Waals surface area contributed by atoms with Crippen LogP contribution in [0.2, 0.25) is 0 Å². The Labute approximate surface area is 200 Å². The first-order valence-electron chi connectivity index (χ1n) is 10.4. The molecule has 1 saturated heterocycles. The summed E-state index contributed by atoms with van der Waals surface area (Å²) in [4.78, 5) is 37.7. The van der Waals surface area contributed by atoms with Gasteiger partial charge in [-0.15, -0.1) is 0 Å². The number of benzene rings is 2. The number of alkyl halides is 3. The second kappa shape index (κ2) is 8.73. The summed E-state index contributed by atoms with van der Waals surface area (Å²) in [7, 11) is 1.61.